The van der Waals surface area contributed by atoms with Crippen molar-refractivity contribution in [2.45, 2.75) is 24.3 Å². The first-order chi connectivity index (χ1) is 11.8. The SMILES string of the molecule is CN(Cc1ccccc1F)S(=O)(=O)c1cc2c(cc1Cl)CCC(=O)N2. The van der Waals surface area contributed by atoms with Crippen molar-refractivity contribution in [2.24, 2.45) is 0 Å². The van der Waals surface area contributed by atoms with Crippen molar-refractivity contribution in [3.05, 3.63) is 58.4 Å². The van der Waals surface area contributed by atoms with Gasteiger partial charge in [-0.1, -0.05) is 29.8 Å². The fourth-order valence-electron chi connectivity index (χ4n) is 2.70. The van der Waals surface area contributed by atoms with Crippen LogP contribution in [0.15, 0.2) is 41.3 Å². The predicted molar refractivity (Wildman–Crippen MR) is 93.5 cm³/mol. The minimum absolute atomic E-state index is 0.0790. The van der Waals surface area contributed by atoms with E-state index >= 15 is 0 Å². The monoisotopic (exact) mass is 382 g/mol. The Labute approximate surface area is 150 Å². The summed E-state index contributed by atoms with van der Waals surface area (Å²) in [4.78, 5) is 11.4. The molecule has 8 heteroatoms. The van der Waals surface area contributed by atoms with Gasteiger partial charge in [0.25, 0.3) is 0 Å². The number of anilines is 1. The summed E-state index contributed by atoms with van der Waals surface area (Å²) < 4.78 is 40.5. The Balaban J connectivity index is 1.95. The van der Waals surface area contributed by atoms with Gasteiger partial charge < -0.3 is 5.32 Å². The Morgan fingerprint density at radius 1 is 1.24 bits per heavy atom. The van der Waals surface area contributed by atoms with Gasteiger partial charge in [0.15, 0.2) is 0 Å². The summed E-state index contributed by atoms with van der Waals surface area (Å²) in [5, 5.41) is 2.74. The normalized spacial score (nSPS) is 14.3. The molecular formula is C17H16ClFN2O3S. The molecule has 25 heavy (non-hydrogen) atoms. The Bertz CT molecular complexity index is 947. The van der Waals surface area contributed by atoms with Gasteiger partial charge in [-0.2, -0.15) is 4.31 Å². The maximum absolute atomic E-state index is 13.8. The number of rotatable bonds is 4. The first-order valence-corrected chi connectivity index (χ1v) is 9.43. The van der Waals surface area contributed by atoms with E-state index in [1.54, 1.807) is 12.1 Å². The van der Waals surface area contributed by atoms with E-state index in [4.69, 9.17) is 11.6 Å². The van der Waals surface area contributed by atoms with Crippen molar-refractivity contribution >= 4 is 33.2 Å². The van der Waals surface area contributed by atoms with Crippen LogP contribution in [0.3, 0.4) is 0 Å². The third-order valence-electron chi connectivity index (χ3n) is 4.09. The largest absolute Gasteiger partial charge is 0.326 e. The minimum atomic E-state index is -3.95. The molecule has 3 rings (SSSR count). The van der Waals surface area contributed by atoms with Gasteiger partial charge >= 0.3 is 0 Å². The first-order valence-electron chi connectivity index (χ1n) is 7.61. The number of aryl methyl sites for hydroxylation is 1. The van der Waals surface area contributed by atoms with Gasteiger partial charge in [-0.05, 0) is 30.2 Å². The van der Waals surface area contributed by atoms with E-state index in [1.807, 2.05) is 0 Å². The van der Waals surface area contributed by atoms with Gasteiger partial charge in [-0.3, -0.25) is 4.79 Å². The van der Waals surface area contributed by atoms with E-state index < -0.39 is 15.8 Å². The fraction of sp³-hybridized carbons (Fsp3) is 0.235. The number of nitrogens with zero attached hydrogens (tertiary/aromatic N) is 1. The quantitative estimate of drug-likeness (QED) is 0.883. The van der Waals surface area contributed by atoms with Crippen LogP contribution in [0.2, 0.25) is 5.02 Å². The van der Waals surface area contributed by atoms with Crippen LogP contribution in [-0.4, -0.2) is 25.7 Å². The molecule has 0 radical (unpaired) electrons. The number of benzene rings is 2. The van der Waals surface area contributed by atoms with Gasteiger partial charge in [0, 0.05) is 31.3 Å². The van der Waals surface area contributed by atoms with Gasteiger partial charge in [0.1, 0.15) is 10.7 Å². The molecule has 1 amide bonds. The number of amides is 1. The highest BCUT2D eigenvalue weighted by Gasteiger charge is 2.27. The van der Waals surface area contributed by atoms with E-state index in [-0.39, 0.29) is 27.9 Å². The van der Waals surface area contributed by atoms with Crippen LogP contribution in [0.1, 0.15) is 17.5 Å². The van der Waals surface area contributed by atoms with Crippen molar-refractivity contribution in [1.82, 2.24) is 4.31 Å². The molecule has 0 saturated carbocycles. The summed E-state index contributed by atoms with van der Waals surface area (Å²) in [6.45, 7) is -0.130. The minimum Gasteiger partial charge on any atom is -0.326 e. The van der Waals surface area contributed by atoms with Gasteiger partial charge in [0.05, 0.1) is 5.02 Å². The van der Waals surface area contributed by atoms with Crippen molar-refractivity contribution in [1.29, 1.82) is 0 Å². The number of carbonyl (C=O) groups excluding carboxylic acids is 1. The average Bonchev–Trinajstić information content (AvgIpc) is 2.56. The van der Waals surface area contributed by atoms with E-state index in [2.05, 4.69) is 5.32 Å². The smallest absolute Gasteiger partial charge is 0.244 e. The molecule has 0 fully saturated rings. The molecule has 0 saturated heterocycles. The number of carbonyl (C=O) groups is 1. The highest BCUT2D eigenvalue weighted by Crippen LogP contribution is 2.33. The van der Waals surface area contributed by atoms with Crippen LogP contribution < -0.4 is 5.32 Å². The van der Waals surface area contributed by atoms with Crippen LogP contribution >= 0.6 is 11.6 Å². The lowest BCUT2D eigenvalue weighted by atomic mass is 10.0. The van der Waals surface area contributed by atoms with Crippen molar-refractivity contribution in [3.8, 4) is 0 Å². The number of fused-ring (bicyclic) bond motifs is 1. The summed E-state index contributed by atoms with van der Waals surface area (Å²) in [5.41, 5.74) is 1.50. The summed E-state index contributed by atoms with van der Waals surface area (Å²) in [7, 11) is -2.59. The molecular weight excluding hydrogens is 367 g/mol. The molecule has 0 aliphatic carbocycles. The third kappa shape index (κ3) is 3.53. The molecule has 2 aromatic carbocycles. The second kappa shape index (κ2) is 6.74. The zero-order valence-corrected chi connectivity index (χ0v) is 15.0. The molecule has 2 aromatic rings. The number of hydrogen-bond acceptors (Lipinski definition) is 3. The summed E-state index contributed by atoms with van der Waals surface area (Å²) in [6.07, 6.45) is 0.842. The molecule has 0 bridgehead atoms. The molecule has 5 nitrogen and oxygen atoms in total. The maximum Gasteiger partial charge on any atom is 0.244 e. The van der Waals surface area contributed by atoms with Gasteiger partial charge in [-0.25, -0.2) is 12.8 Å². The van der Waals surface area contributed by atoms with Crippen molar-refractivity contribution < 1.29 is 17.6 Å². The zero-order valence-electron chi connectivity index (χ0n) is 13.4. The van der Waals surface area contributed by atoms with Crippen LogP contribution in [0.25, 0.3) is 0 Å². The standard InChI is InChI=1S/C17H16ClFN2O3S/c1-21(10-12-4-2-3-5-14(12)19)25(23,24)16-9-15-11(8-13(16)18)6-7-17(22)20-15/h2-5,8-9H,6-7,10H2,1H3,(H,20,22). The highest BCUT2D eigenvalue weighted by atomic mass is 35.5. The number of sulfonamides is 1. The predicted octanol–water partition coefficient (Wildman–Crippen LogP) is 3.18. The van der Waals surface area contributed by atoms with Crippen LogP contribution in [0.5, 0.6) is 0 Å². The van der Waals surface area contributed by atoms with E-state index in [0.29, 0.717) is 18.5 Å². The van der Waals surface area contributed by atoms with Crippen LogP contribution in [0, 0.1) is 5.82 Å². The molecule has 132 valence electrons. The van der Waals surface area contributed by atoms with E-state index in [1.165, 1.54) is 31.3 Å². The second-order valence-electron chi connectivity index (χ2n) is 5.84. The van der Waals surface area contributed by atoms with Crippen LogP contribution in [0.4, 0.5) is 10.1 Å². The fourth-order valence-corrected chi connectivity index (χ4v) is 4.39. The first kappa shape index (κ1) is 17.8. The molecule has 1 N–H and O–H groups in total. The molecule has 0 atom stereocenters. The molecule has 0 spiro atoms. The Kier molecular flexibility index (Phi) is 4.81. The van der Waals surface area contributed by atoms with Crippen molar-refractivity contribution in [2.75, 3.05) is 12.4 Å². The van der Waals surface area contributed by atoms with Gasteiger partial charge in [-0.15, -0.1) is 0 Å². The third-order valence-corrected chi connectivity index (χ3v) is 6.36. The molecule has 1 heterocycles. The number of nitrogens with one attached hydrogen (secondary N) is 1. The van der Waals surface area contributed by atoms with Crippen molar-refractivity contribution in [3.63, 3.8) is 0 Å². The van der Waals surface area contributed by atoms with Crippen LogP contribution in [-0.2, 0) is 27.8 Å². The van der Waals surface area contributed by atoms with E-state index in [0.717, 1.165) is 9.87 Å². The van der Waals surface area contributed by atoms with E-state index in [9.17, 15) is 17.6 Å². The lowest BCUT2D eigenvalue weighted by Gasteiger charge is -2.22. The summed E-state index contributed by atoms with van der Waals surface area (Å²) >= 11 is 6.17. The van der Waals surface area contributed by atoms with Gasteiger partial charge in [0.2, 0.25) is 15.9 Å². The lowest BCUT2D eigenvalue weighted by molar-refractivity contribution is -0.116. The topological polar surface area (TPSA) is 66.5 Å². The zero-order chi connectivity index (χ0) is 18.2. The second-order valence-corrected chi connectivity index (χ2v) is 8.26. The number of hydrogen-bond donors (Lipinski definition) is 1. The Hall–Kier alpha value is -1.96. The lowest BCUT2D eigenvalue weighted by Crippen LogP contribution is -2.28. The molecule has 1 aliphatic heterocycles. The average molecular weight is 383 g/mol. The Morgan fingerprint density at radius 3 is 2.68 bits per heavy atom. The highest BCUT2D eigenvalue weighted by molar-refractivity contribution is 7.89. The molecule has 0 aromatic heterocycles. The Morgan fingerprint density at radius 2 is 1.96 bits per heavy atom. The maximum atomic E-state index is 13.8. The summed E-state index contributed by atoms with van der Waals surface area (Å²) in [5.74, 6) is -0.647. The molecule has 0 unspecified atom stereocenters. The molecule has 1 aliphatic rings. The summed E-state index contributed by atoms with van der Waals surface area (Å²) in [6, 6.07) is 8.89. The number of halogens is 2.